The molecule has 2 aliphatic rings. The first-order valence-electron chi connectivity index (χ1n) is 39.0. The Hall–Kier alpha value is -7.92. The fraction of sp³-hybridized carbons (Fsp3) is 0.378. The molecule has 0 fully saturated rings. The summed E-state index contributed by atoms with van der Waals surface area (Å²) in [7, 11) is 0. The maximum atomic E-state index is 14.9. The molecule has 0 radical (unpaired) electrons. The Morgan fingerprint density at radius 3 is 1.38 bits per heavy atom. The molecule has 0 bridgehead atoms. The number of carbonyl (C=O) groups excluding carboxylic acids is 2. The van der Waals surface area contributed by atoms with Crippen LogP contribution < -0.4 is 11.1 Å². The zero-order valence-corrected chi connectivity index (χ0v) is 55.0. The summed E-state index contributed by atoms with van der Waals surface area (Å²) in [6, 6.07) is 14.8. The maximum Gasteiger partial charge on any atom is 0.416 e. The van der Waals surface area contributed by atoms with Gasteiger partial charge in [-0.25, -0.2) is 8.78 Å². The lowest BCUT2D eigenvalue weighted by Gasteiger charge is -2.28. The summed E-state index contributed by atoms with van der Waals surface area (Å²) in [5.74, 6) is -3.74. The lowest BCUT2D eigenvalue weighted by molar-refractivity contribution is -0.138. The second-order valence-corrected chi connectivity index (χ2v) is 24.2. The van der Waals surface area contributed by atoms with Crippen molar-refractivity contribution in [2.24, 2.45) is 0 Å². The van der Waals surface area contributed by atoms with Crippen LogP contribution in [0.4, 0.5) is 35.1 Å². The van der Waals surface area contributed by atoms with Crippen LogP contribution in [0.1, 0.15) is 129 Å². The van der Waals surface area contributed by atoms with E-state index in [4.69, 9.17) is 11.0 Å². The summed E-state index contributed by atoms with van der Waals surface area (Å²) in [6.07, 6.45) is -7.47. The summed E-state index contributed by atoms with van der Waals surface area (Å²) in [6.45, 7) is -6.54. The van der Waals surface area contributed by atoms with Gasteiger partial charge in [0.15, 0.2) is 10.3 Å². The number of aromatic nitrogens is 4. The average molecular weight is 1380 g/mol. The third-order valence-electron chi connectivity index (χ3n) is 16.0. The third-order valence-corrected chi connectivity index (χ3v) is 18.0. The zero-order valence-electron chi connectivity index (χ0n) is 69.4. The van der Waals surface area contributed by atoms with E-state index in [2.05, 4.69) is 9.97 Å². The van der Waals surface area contributed by atoms with Crippen molar-refractivity contribution >= 4 is 35.3 Å². The third kappa shape index (κ3) is 18.8. The number of hydrogen-bond donors (Lipinski definition) is 0. The highest BCUT2D eigenvalue weighted by molar-refractivity contribution is 7.98. The van der Waals surface area contributed by atoms with Crippen molar-refractivity contribution in [2.45, 2.75) is 140 Å². The molecule has 2 aromatic heterocycles. The molecule has 0 spiro atoms. The number of nitrogens with zero attached hydrogens (tertiary/aromatic N) is 8. The zero-order chi connectivity index (χ0) is 83.0. The number of likely N-dealkylation sites (N-methyl/N-ethyl adjacent to an activating group) is 2. The monoisotopic (exact) mass is 1380 g/mol. The number of alkyl halides is 6. The lowest BCUT2D eigenvalue weighted by Crippen LogP contribution is -2.40. The van der Waals surface area contributed by atoms with Crippen molar-refractivity contribution in [1.29, 1.82) is 0 Å². The van der Waals surface area contributed by atoms with E-state index in [1.807, 2.05) is 18.7 Å². The Morgan fingerprint density at radius 1 is 0.531 bits per heavy atom. The molecule has 10 rings (SSSR count). The number of fused-ring (bicyclic) bond motifs is 2. The van der Waals surface area contributed by atoms with Crippen molar-refractivity contribution in [3.63, 3.8) is 0 Å². The molecule has 0 saturated carbocycles. The molecular formula is C74H80F8N8O4S2. The van der Waals surface area contributed by atoms with Gasteiger partial charge in [-0.3, -0.25) is 19.2 Å². The van der Waals surface area contributed by atoms with E-state index in [-0.39, 0.29) is 129 Å². The minimum absolute atomic E-state index is 0.0175. The van der Waals surface area contributed by atoms with Crippen LogP contribution in [0, 0.1) is 25.5 Å². The molecule has 508 valence electrons. The quantitative estimate of drug-likeness (QED) is 0.0295. The number of benzene rings is 6. The predicted octanol–water partition coefficient (Wildman–Crippen LogP) is 15.1. The molecule has 12 nitrogen and oxygen atoms in total. The van der Waals surface area contributed by atoms with Gasteiger partial charge in [0.2, 0.25) is 11.8 Å². The van der Waals surface area contributed by atoms with Crippen LogP contribution in [0.3, 0.4) is 0 Å². The number of halogens is 8. The summed E-state index contributed by atoms with van der Waals surface area (Å²) in [4.78, 5) is 68.1. The van der Waals surface area contributed by atoms with Crippen LogP contribution in [-0.2, 0) is 85.2 Å². The topological polar surface area (TPSA) is 117 Å². The van der Waals surface area contributed by atoms with Gasteiger partial charge in [0.25, 0.3) is 11.1 Å². The van der Waals surface area contributed by atoms with E-state index >= 15 is 0 Å². The Balaban J connectivity index is 0.000000257. The van der Waals surface area contributed by atoms with Crippen LogP contribution in [-0.4, -0.2) is 103 Å². The van der Waals surface area contributed by atoms with Gasteiger partial charge >= 0.3 is 12.4 Å². The van der Waals surface area contributed by atoms with Crippen molar-refractivity contribution in [1.82, 2.24) is 38.7 Å². The largest absolute Gasteiger partial charge is 0.416 e. The van der Waals surface area contributed by atoms with Crippen LogP contribution in [0.5, 0.6) is 0 Å². The second kappa shape index (κ2) is 32.9. The van der Waals surface area contributed by atoms with Crippen LogP contribution in [0.2, 0.25) is 0 Å². The molecule has 0 atom stereocenters. The second-order valence-electron chi connectivity index (χ2n) is 22.3. The van der Waals surface area contributed by atoms with Gasteiger partial charge in [0.05, 0.1) is 30.3 Å². The summed E-state index contributed by atoms with van der Waals surface area (Å²) in [5.41, 5.74) is -2.60. The number of amides is 2. The first-order chi connectivity index (χ1) is 52.2. The standard InChI is InChI=1S/2C37H40F4N4O2S/c2*1-4-43(5-2)19-20-44(22-29-12-11-28(21-25(29)3)27-13-15-30(16-14-27)37(39,40)41)34(46)23-45-33-8-6-7-32(33)35(47)42-36(45)48-24-26-9-17-31(38)18-10-26/h2*9-18,21H,4-8,19-20,22-24H2,1-3H3/i11D,12D,19D2,20D2,21D,23D2;11D,12D,21D,22D2,23D2. The molecule has 96 heavy (non-hydrogen) atoms. The number of rotatable bonds is 26. The first-order valence-corrected chi connectivity index (χ1v) is 32.9. The molecule has 22 heteroatoms. The minimum Gasteiger partial charge on any atom is -0.336 e. The molecule has 6 aromatic carbocycles. The van der Waals surface area contributed by atoms with E-state index in [1.54, 1.807) is 13.8 Å². The van der Waals surface area contributed by atoms with Crippen LogP contribution in [0.25, 0.3) is 22.3 Å². The van der Waals surface area contributed by atoms with Crippen LogP contribution >= 0.6 is 23.5 Å². The fourth-order valence-electron chi connectivity index (χ4n) is 10.4. The highest BCUT2D eigenvalue weighted by Crippen LogP contribution is 2.35. The van der Waals surface area contributed by atoms with Gasteiger partial charge in [0.1, 0.15) is 24.6 Å². The predicted molar refractivity (Wildman–Crippen MR) is 363 cm³/mol. The van der Waals surface area contributed by atoms with Gasteiger partial charge < -0.3 is 28.7 Å². The first kappa shape index (κ1) is 53.2. The minimum atomic E-state index is -4.66. The average Bonchev–Trinajstić information content (AvgIpc) is 0.758. The Morgan fingerprint density at radius 2 is 0.948 bits per heavy atom. The summed E-state index contributed by atoms with van der Waals surface area (Å²) >= 11 is 1.84. The van der Waals surface area contributed by atoms with Crippen molar-refractivity contribution < 1.29 is 66.6 Å². The number of carbonyl (C=O) groups is 2. The molecule has 0 unspecified atom stereocenters. The van der Waals surface area contributed by atoms with Gasteiger partial charge in [-0.05, 0) is 183 Å². The van der Waals surface area contributed by atoms with E-state index < -0.39 is 139 Å². The smallest absolute Gasteiger partial charge is 0.336 e. The van der Waals surface area contributed by atoms with E-state index in [0.717, 1.165) is 86.1 Å². The molecule has 2 heterocycles. The van der Waals surface area contributed by atoms with Gasteiger partial charge in [-0.2, -0.15) is 36.3 Å². The van der Waals surface area contributed by atoms with Crippen LogP contribution in [0.15, 0.2) is 153 Å². The summed E-state index contributed by atoms with van der Waals surface area (Å²) < 4.78 is 255. The Kier molecular flexibility index (Phi) is 18.2. The normalized spacial score (nSPS) is 16.0. The fourth-order valence-corrected chi connectivity index (χ4v) is 12.3. The van der Waals surface area contributed by atoms with Gasteiger partial charge in [-0.15, -0.1) is 0 Å². The van der Waals surface area contributed by atoms with E-state index in [0.29, 0.717) is 53.3 Å². The van der Waals surface area contributed by atoms with Crippen molar-refractivity contribution in [3.8, 4) is 22.3 Å². The summed E-state index contributed by atoms with van der Waals surface area (Å²) in [5, 5.41) is -0.381. The molecular weight excluding hydrogens is 1280 g/mol. The lowest BCUT2D eigenvalue weighted by atomic mass is 9.98. The molecule has 8 aromatic rings. The maximum absolute atomic E-state index is 14.9. The van der Waals surface area contributed by atoms with E-state index in [1.165, 1.54) is 62.4 Å². The Labute approximate surface area is 586 Å². The van der Waals surface area contributed by atoms with E-state index in [9.17, 15) is 65.3 Å². The number of thioether (sulfide) groups is 2. The Bertz CT molecular complexity index is 4900. The SMILES string of the molecule is [2H]c1c([2H])c(-c2ccc(C(F)(F)F)cc2)c([2H])c(C)c1CN(C(=O)C([2H])([2H])n1c(SCc2ccc(F)cc2)nc(=O)c2c1CCC2)C([2H])([2H])C([2H])([2H])N(CC)CC.[2H]c1c([2H])c(C([2H])([2H])N(CCN(CC)CC)C(=O)C([2H])([2H])n2c(SCc3ccc(F)cc3)nc(=O)c3c2CCC3)c(C)c([2H])c1-c1ccc(C(F)(F)F)cc1. The van der Waals surface area contributed by atoms with Crippen molar-refractivity contribution in [2.75, 3.05) is 52.3 Å². The van der Waals surface area contributed by atoms with Gasteiger partial charge in [-0.1, -0.05) is 136 Å². The molecule has 0 aliphatic heterocycles. The highest BCUT2D eigenvalue weighted by Gasteiger charge is 2.32. The highest BCUT2D eigenvalue weighted by atomic mass is 32.2. The van der Waals surface area contributed by atoms with Crippen molar-refractivity contribution in [3.05, 3.63) is 233 Å². The molecule has 0 saturated heterocycles. The molecule has 0 N–H and O–H groups in total. The molecule has 2 amide bonds. The molecule has 2 aliphatic carbocycles. The van der Waals surface area contributed by atoms with Gasteiger partial charge in [0, 0.05) is 75.9 Å². The number of hydrogen-bond acceptors (Lipinski definition) is 10.